The third-order valence-corrected chi connectivity index (χ3v) is 7.62. The summed E-state index contributed by atoms with van der Waals surface area (Å²) in [5.41, 5.74) is -0.818. The van der Waals surface area contributed by atoms with E-state index < -0.39 is 35.8 Å². The Morgan fingerprint density at radius 2 is 1.78 bits per heavy atom. The van der Waals surface area contributed by atoms with Crippen molar-refractivity contribution in [2.24, 2.45) is 17.3 Å². The quantitative estimate of drug-likeness (QED) is 0.548. The number of nitrogens with one attached hydrogen (secondary N) is 2. The van der Waals surface area contributed by atoms with Gasteiger partial charge in [-0.25, -0.2) is 9.59 Å². The summed E-state index contributed by atoms with van der Waals surface area (Å²) >= 11 is 0. The number of hydrogen-bond donors (Lipinski definition) is 2. The fraction of sp³-hybridized carbons (Fsp3) is 0.846. The van der Waals surface area contributed by atoms with Gasteiger partial charge >= 0.3 is 12.1 Å². The number of fused-ring (bicyclic) bond motifs is 3. The standard InChI is InChI=1S/C26H43N3O7/c1-25(2,3)36-24(33)28-18-15-35-13-11-9-7-8-10-12-17(23(32)34-6)27-21(30)20-19-16(26(19,4)5)14-29(20)22(18)31/h16-20H,7-15H2,1-6H3,(H,27,30)(H,28,33)/t16-,17-,18-,19-,20-/m0/s1. The molecule has 2 saturated heterocycles. The molecule has 2 heterocycles. The van der Waals surface area contributed by atoms with Crippen molar-refractivity contribution in [3.05, 3.63) is 0 Å². The molecular formula is C26H43N3O7. The second-order valence-electron chi connectivity index (χ2n) is 11.8. The highest BCUT2D eigenvalue weighted by atomic mass is 16.6. The van der Waals surface area contributed by atoms with Crippen molar-refractivity contribution in [2.45, 2.75) is 96.9 Å². The molecule has 1 saturated carbocycles. The van der Waals surface area contributed by atoms with E-state index in [2.05, 4.69) is 24.5 Å². The fourth-order valence-electron chi connectivity index (χ4n) is 5.57. The van der Waals surface area contributed by atoms with Crippen LogP contribution in [0.2, 0.25) is 0 Å². The Bertz CT molecular complexity index is 838. The van der Waals surface area contributed by atoms with Gasteiger partial charge < -0.3 is 29.7 Å². The van der Waals surface area contributed by atoms with Crippen molar-refractivity contribution in [3.8, 4) is 0 Å². The van der Waals surface area contributed by atoms with Crippen molar-refractivity contribution in [1.82, 2.24) is 15.5 Å². The topological polar surface area (TPSA) is 123 Å². The van der Waals surface area contributed by atoms with Crippen LogP contribution in [0.25, 0.3) is 0 Å². The lowest BCUT2D eigenvalue weighted by Crippen LogP contribution is -2.58. The number of amides is 3. The van der Waals surface area contributed by atoms with E-state index in [0.29, 0.717) is 19.6 Å². The summed E-state index contributed by atoms with van der Waals surface area (Å²) in [6.45, 7) is 10.3. The maximum absolute atomic E-state index is 13.7. The van der Waals surface area contributed by atoms with Crippen LogP contribution in [-0.2, 0) is 28.6 Å². The maximum atomic E-state index is 13.7. The van der Waals surface area contributed by atoms with Crippen LogP contribution < -0.4 is 10.6 Å². The Balaban J connectivity index is 1.84. The fourth-order valence-corrected chi connectivity index (χ4v) is 5.57. The van der Waals surface area contributed by atoms with Crippen molar-refractivity contribution in [2.75, 3.05) is 26.9 Å². The average molecular weight is 510 g/mol. The SMILES string of the molecule is COC(=O)[C@@H]1CCCCCCCOC[C@H](NC(=O)OC(C)(C)C)C(=O)N2C[C@H]3[C@@H]([C@H]2C(=O)N1)C3(C)C. The van der Waals surface area contributed by atoms with E-state index in [0.717, 1.165) is 32.1 Å². The van der Waals surface area contributed by atoms with Gasteiger partial charge in [0, 0.05) is 13.2 Å². The third-order valence-electron chi connectivity index (χ3n) is 7.62. The van der Waals surface area contributed by atoms with E-state index >= 15 is 0 Å². The molecule has 3 rings (SSSR count). The summed E-state index contributed by atoms with van der Waals surface area (Å²) in [6, 6.07) is -2.48. The summed E-state index contributed by atoms with van der Waals surface area (Å²) in [7, 11) is 1.31. The minimum atomic E-state index is -0.986. The third kappa shape index (κ3) is 6.69. The van der Waals surface area contributed by atoms with Crippen molar-refractivity contribution < 1.29 is 33.4 Å². The summed E-state index contributed by atoms with van der Waals surface area (Å²) in [5.74, 6) is -1.09. The summed E-state index contributed by atoms with van der Waals surface area (Å²) in [4.78, 5) is 53.8. The normalized spacial score (nSPS) is 31.5. The lowest BCUT2D eigenvalue weighted by molar-refractivity contribution is -0.147. The number of esters is 1. The van der Waals surface area contributed by atoms with Gasteiger partial charge in [-0.05, 0) is 50.9 Å². The van der Waals surface area contributed by atoms with Crippen LogP contribution in [-0.4, -0.2) is 79.4 Å². The number of alkyl carbamates (subject to hydrolysis) is 1. The molecule has 0 aromatic heterocycles. The number of piperidine rings is 1. The van der Waals surface area contributed by atoms with E-state index in [-0.39, 0.29) is 35.7 Å². The van der Waals surface area contributed by atoms with E-state index in [9.17, 15) is 19.2 Å². The molecule has 0 bridgehead atoms. The second kappa shape index (κ2) is 11.4. The van der Waals surface area contributed by atoms with Crippen LogP contribution in [0.4, 0.5) is 4.79 Å². The first-order valence-corrected chi connectivity index (χ1v) is 13.1. The molecule has 36 heavy (non-hydrogen) atoms. The molecule has 204 valence electrons. The molecule has 2 aliphatic heterocycles. The monoisotopic (exact) mass is 509 g/mol. The first-order valence-electron chi connectivity index (χ1n) is 13.1. The van der Waals surface area contributed by atoms with Crippen molar-refractivity contribution in [1.29, 1.82) is 0 Å². The Morgan fingerprint density at radius 3 is 2.44 bits per heavy atom. The predicted octanol–water partition coefficient (Wildman–Crippen LogP) is 2.39. The largest absolute Gasteiger partial charge is 0.467 e. The van der Waals surface area contributed by atoms with Crippen molar-refractivity contribution >= 4 is 23.9 Å². The minimum Gasteiger partial charge on any atom is -0.467 e. The van der Waals surface area contributed by atoms with Gasteiger partial charge in [-0.3, -0.25) is 9.59 Å². The van der Waals surface area contributed by atoms with Crippen LogP contribution in [0.15, 0.2) is 0 Å². The molecule has 0 radical (unpaired) electrons. The molecule has 3 fully saturated rings. The molecule has 10 heteroatoms. The number of nitrogens with zero attached hydrogens (tertiary/aromatic N) is 1. The van der Waals surface area contributed by atoms with Gasteiger partial charge in [0.15, 0.2) is 0 Å². The van der Waals surface area contributed by atoms with Crippen LogP contribution in [0.5, 0.6) is 0 Å². The highest BCUT2D eigenvalue weighted by molar-refractivity contribution is 5.94. The zero-order chi connectivity index (χ0) is 26.7. The first-order chi connectivity index (χ1) is 16.9. The molecule has 3 aliphatic rings. The molecule has 0 spiro atoms. The zero-order valence-electron chi connectivity index (χ0n) is 22.6. The van der Waals surface area contributed by atoms with E-state index in [1.165, 1.54) is 7.11 Å². The molecule has 10 nitrogen and oxygen atoms in total. The van der Waals surface area contributed by atoms with Crippen molar-refractivity contribution in [3.63, 3.8) is 0 Å². The second-order valence-corrected chi connectivity index (χ2v) is 11.8. The Hall–Kier alpha value is -2.36. The molecule has 2 N–H and O–H groups in total. The summed E-state index contributed by atoms with van der Waals surface area (Å²) in [6.07, 6.45) is 4.23. The van der Waals surface area contributed by atoms with Crippen LogP contribution in [0.1, 0.15) is 73.1 Å². The number of ether oxygens (including phenoxy) is 3. The molecule has 3 amide bonds. The van der Waals surface area contributed by atoms with Crippen LogP contribution in [0, 0.1) is 17.3 Å². The number of rotatable bonds is 2. The smallest absolute Gasteiger partial charge is 0.408 e. The Morgan fingerprint density at radius 1 is 1.11 bits per heavy atom. The van der Waals surface area contributed by atoms with Gasteiger partial charge in [0.05, 0.1) is 13.7 Å². The molecule has 5 atom stereocenters. The number of hydrogen-bond acceptors (Lipinski definition) is 7. The van der Waals surface area contributed by atoms with Crippen LogP contribution in [0.3, 0.4) is 0 Å². The Kier molecular flexibility index (Phi) is 8.90. The van der Waals surface area contributed by atoms with Gasteiger partial charge in [0.25, 0.3) is 0 Å². The number of carbonyl (C=O) groups is 4. The van der Waals surface area contributed by atoms with Gasteiger partial charge in [-0.2, -0.15) is 0 Å². The minimum absolute atomic E-state index is 0.00751. The van der Waals surface area contributed by atoms with E-state index in [4.69, 9.17) is 14.2 Å². The first kappa shape index (κ1) is 28.2. The Labute approximate surface area is 214 Å². The lowest BCUT2D eigenvalue weighted by atomic mass is 9.99. The van der Waals surface area contributed by atoms with E-state index in [1.54, 1.807) is 25.7 Å². The highest BCUT2D eigenvalue weighted by Gasteiger charge is 2.69. The van der Waals surface area contributed by atoms with Gasteiger partial charge in [0.1, 0.15) is 23.7 Å². The average Bonchev–Trinajstić information content (AvgIpc) is 3.12. The van der Waals surface area contributed by atoms with Gasteiger partial charge in [-0.1, -0.05) is 39.5 Å². The molecule has 0 aromatic carbocycles. The number of carbonyl (C=O) groups excluding carboxylic acids is 4. The molecule has 0 aromatic rings. The zero-order valence-corrected chi connectivity index (χ0v) is 22.6. The predicted molar refractivity (Wildman–Crippen MR) is 132 cm³/mol. The van der Waals surface area contributed by atoms with Gasteiger partial charge in [0.2, 0.25) is 11.8 Å². The summed E-state index contributed by atoms with van der Waals surface area (Å²) in [5, 5.41) is 5.53. The number of methoxy groups -OCH3 is 1. The molecule has 0 unspecified atom stereocenters. The van der Waals surface area contributed by atoms with Crippen LogP contribution >= 0.6 is 0 Å². The molecular weight excluding hydrogens is 466 g/mol. The van der Waals surface area contributed by atoms with Gasteiger partial charge in [-0.15, -0.1) is 0 Å². The lowest BCUT2D eigenvalue weighted by Gasteiger charge is -2.34. The maximum Gasteiger partial charge on any atom is 0.408 e. The highest BCUT2D eigenvalue weighted by Crippen LogP contribution is 2.64. The summed E-state index contributed by atoms with van der Waals surface area (Å²) < 4.78 is 16.1. The van der Waals surface area contributed by atoms with E-state index in [1.807, 2.05) is 0 Å². The molecule has 1 aliphatic carbocycles.